The third kappa shape index (κ3) is 4.52. The van der Waals surface area contributed by atoms with Crippen LogP contribution in [0.15, 0.2) is 179 Å². The van der Waals surface area contributed by atoms with E-state index in [9.17, 15) is 0 Å². The maximum absolute atomic E-state index is 6.56. The van der Waals surface area contributed by atoms with Gasteiger partial charge in [-0.15, -0.1) is 0 Å². The van der Waals surface area contributed by atoms with Gasteiger partial charge in [-0.1, -0.05) is 121 Å². The molecule has 0 aliphatic carbocycles. The molecule has 8 aromatic carbocycles. The van der Waals surface area contributed by atoms with Gasteiger partial charge in [-0.25, -0.2) is 15.0 Å². The van der Waals surface area contributed by atoms with E-state index in [2.05, 4.69) is 95.6 Å². The van der Waals surface area contributed by atoms with Gasteiger partial charge in [0.15, 0.2) is 17.5 Å². The fourth-order valence-electron chi connectivity index (χ4n) is 8.30. The van der Waals surface area contributed by atoms with E-state index < -0.39 is 0 Å². The molecule has 0 amide bonds. The highest BCUT2D eigenvalue weighted by Gasteiger charge is 2.23. The zero-order valence-corrected chi connectivity index (χ0v) is 29.3. The van der Waals surface area contributed by atoms with E-state index in [1.807, 2.05) is 78.9 Å². The summed E-state index contributed by atoms with van der Waals surface area (Å²) in [7, 11) is 0. The molecular weight excluding hydrogens is 677 g/mol. The molecule has 6 nitrogen and oxygen atoms in total. The number of fused-ring (bicyclic) bond motifs is 10. The van der Waals surface area contributed by atoms with Crippen LogP contribution >= 0.6 is 0 Å². The van der Waals surface area contributed by atoms with Gasteiger partial charge in [0.25, 0.3) is 0 Å². The van der Waals surface area contributed by atoms with Crippen molar-refractivity contribution in [3.8, 4) is 39.9 Å². The van der Waals surface area contributed by atoms with Crippen LogP contribution in [-0.4, -0.2) is 19.5 Å². The van der Waals surface area contributed by atoms with Gasteiger partial charge in [-0.2, -0.15) is 0 Å². The van der Waals surface area contributed by atoms with E-state index in [0.29, 0.717) is 17.5 Å². The molecule has 0 unspecified atom stereocenters. The minimum absolute atomic E-state index is 0.532. The molecule has 12 rings (SSSR count). The Balaban J connectivity index is 1.21. The zero-order valence-electron chi connectivity index (χ0n) is 29.3. The van der Waals surface area contributed by atoms with Crippen molar-refractivity contribution in [3.05, 3.63) is 170 Å². The number of nitrogens with zero attached hydrogens (tertiary/aromatic N) is 4. The molecular formula is C49H28N4O2. The molecule has 55 heavy (non-hydrogen) atoms. The van der Waals surface area contributed by atoms with E-state index in [-0.39, 0.29) is 0 Å². The zero-order chi connectivity index (χ0) is 36.0. The Bertz CT molecular complexity index is 3500. The molecule has 12 aromatic rings. The summed E-state index contributed by atoms with van der Waals surface area (Å²) in [6.07, 6.45) is 0. The first-order valence-corrected chi connectivity index (χ1v) is 18.4. The molecule has 0 spiro atoms. The molecule has 0 aliphatic rings. The first-order chi connectivity index (χ1) is 27.2. The Morgan fingerprint density at radius 3 is 1.80 bits per heavy atom. The molecule has 256 valence electrons. The summed E-state index contributed by atoms with van der Waals surface area (Å²) in [5.74, 6) is 1.65. The lowest BCUT2D eigenvalue weighted by Crippen LogP contribution is -2.04. The molecule has 0 saturated heterocycles. The number of para-hydroxylation sites is 4. The summed E-state index contributed by atoms with van der Waals surface area (Å²) in [4.78, 5) is 15.8. The second-order valence-corrected chi connectivity index (χ2v) is 14.0. The van der Waals surface area contributed by atoms with Crippen molar-refractivity contribution in [2.24, 2.45) is 0 Å². The minimum Gasteiger partial charge on any atom is -0.456 e. The van der Waals surface area contributed by atoms with Crippen molar-refractivity contribution in [1.82, 2.24) is 19.5 Å². The maximum atomic E-state index is 6.56. The molecule has 0 aliphatic heterocycles. The van der Waals surface area contributed by atoms with Gasteiger partial charge in [0.2, 0.25) is 0 Å². The van der Waals surface area contributed by atoms with Gasteiger partial charge in [-0.05, 0) is 53.2 Å². The molecule has 0 saturated carbocycles. The van der Waals surface area contributed by atoms with Crippen LogP contribution in [0.2, 0.25) is 0 Å². The molecule has 0 N–H and O–H groups in total. The van der Waals surface area contributed by atoms with Gasteiger partial charge in [0.1, 0.15) is 22.3 Å². The number of hydrogen-bond donors (Lipinski definition) is 0. The number of rotatable bonds is 4. The lowest BCUT2D eigenvalue weighted by molar-refractivity contribution is 0.668. The lowest BCUT2D eigenvalue weighted by Gasteiger charge is -2.15. The standard InChI is InChI=1S/C49H28N4O2/c1-2-13-29(14-3-1)47-50-48(36-21-12-20-35-33-18-7-11-24-44(33)55-46(35)36)52-49(51-47)39-27-38-34-19-8-10-23-43(34)54-45(38)28-42(39)53-40-22-9-6-17-32(40)37-25-30-15-4-5-16-31(30)26-41(37)53/h1-28H. The quantitative estimate of drug-likeness (QED) is 0.182. The van der Waals surface area contributed by atoms with Gasteiger partial charge in [-0.3, -0.25) is 0 Å². The monoisotopic (exact) mass is 704 g/mol. The van der Waals surface area contributed by atoms with Crippen LogP contribution in [0.3, 0.4) is 0 Å². The Hall–Kier alpha value is -7.57. The predicted octanol–water partition coefficient (Wildman–Crippen LogP) is 12.9. The van der Waals surface area contributed by atoms with Crippen LogP contribution in [0.5, 0.6) is 0 Å². The Morgan fingerprint density at radius 1 is 0.364 bits per heavy atom. The van der Waals surface area contributed by atoms with E-state index in [1.165, 1.54) is 10.8 Å². The van der Waals surface area contributed by atoms with Crippen LogP contribution in [-0.2, 0) is 0 Å². The van der Waals surface area contributed by atoms with Crippen LogP contribution in [0.25, 0.3) is 116 Å². The fraction of sp³-hybridized carbons (Fsp3) is 0. The Kier molecular flexibility index (Phi) is 6.24. The minimum atomic E-state index is 0.532. The summed E-state index contributed by atoms with van der Waals surface area (Å²) in [5.41, 5.74) is 8.79. The third-order valence-corrected chi connectivity index (χ3v) is 10.8. The lowest BCUT2D eigenvalue weighted by atomic mass is 10.0. The maximum Gasteiger partial charge on any atom is 0.167 e. The third-order valence-electron chi connectivity index (χ3n) is 10.8. The second-order valence-electron chi connectivity index (χ2n) is 14.0. The Morgan fingerprint density at radius 2 is 0.982 bits per heavy atom. The van der Waals surface area contributed by atoms with Crippen molar-refractivity contribution in [1.29, 1.82) is 0 Å². The number of aromatic nitrogens is 4. The molecule has 4 aromatic heterocycles. The van der Waals surface area contributed by atoms with E-state index >= 15 is 0 Å². The first-order valence-electron chi connectivity index (χ1n) is 18.4. The highest BCUT2D eigenvalue weighted by atomic mass is 16.3. The van der Waals surface area contributed by atoms with Gasteiger partial charge in [0, 0.05) is 49.5 Å². The summed E-state index contributed by atoms with van der Waals surface area (Å²) in [6, 6.07) is 58.6. The van der Waals surface area contributed by atoms with Crippen molar-refractivity contribution < 1.29 is 8.83 Å². The topological polar surface area (TPSA) is 69.9 Å². The number of furan rings is 2. The summed E-state index contributed by atoms with van der Waals surface area (Å²) >= 11 is 0. The predicted molar refractivity (Wildman–Crippen MR) is 223 cm³/mol. The average molecular weight is 705 g/mol. The Labute approximate surface area is 313 Å². The van der Waals surface area contributed by atoms with E-state index in [1.54, 1.807) is 0 Å². The van der Waals surface area contributed by atoms with Crippen molar-refractivity contribution >= 4 is 76.5 Å². The highest BCUT2D eigenvalue weighted by Crippen LogP contribution is 2.42. The second kappa shape index (κ2) is 11.5. The van der Waals surface area contributed by atoms with Crippen molar-refractivity contribution in [2.75, 3.05) is 0 Å². The van der Waals surface area contributed by atoms with Crippen LogP contribution in [0.4, 0.5) is 0 Å². The summed E-state index contributed by atoms with van der Waals surface area (Å²) in [6.45, 7) is 0. The average Bonchev–Trinajstić information content (AvgIpc) is 3.91. The first kappa shape index (κ1) is 29.9. The molecule has 0 radical (unpaired) electrons. The van der Waals surface area contributed by atoms with Gasteiger partial charge < -0.3 is 13.4 Å². The van der Waals surface area contributed by atoms with Crippen LogP contribution in [0, 0.1) is 0 Å². The fourth-order valence-corrected chi connectivity index (χ4v) is 8.30. The molecule has 0 fully saturated rings. The van der Waals surface area contributed by atoms with E-state index in [4.69, 9.17) is 23.8 Å². The molecule has 6 heteroatoms. The summed E-state index contributed by atoms with van der Waals surface area (Å²) in [5, 5.41) is 8.78. The van der Waals surface area contributed by atoms with Gasteiger partial charge >= 0.3 is 0 Å². The van der Waals surface area contributed by atoms with Crippen molar-refractivity contribution in [3.63, 3.8) is 0 Å². The number of hydrogen-bond acceptors (Lipinski definition) is 5. The largest absolute Gasteiger partial charge is 0.456 e. The molecule has 0 atom stereocenters. The smallest absolute Gasteiger partial charge is 0.167 e. The summed E-state index contributed by atoms with van der Waals surface area (Å²) < 4.78 is 15.4. The normalized spacial score (nSPS) is 12.0. The highest BCUT2D eigenvalue weighted by molar-refractivity contribution is 6.15. The molecule has 0 bridgehead atoms. The van der Waals surface area contributed by atoms with Gasteiger partial charge in [0.05, 0.1) is 22.3 Å². The van der Waals surface area contributed by atoms with Crippen LogP contribution < -0.4 is 0 Å². The number of benzene rings is 8. The molecule has 4 heterocycles. The van der Waals surface area contributed by atoms with Crippen molar-refractivity contribution in [2.45, 2.75) is 0 Å². The van der Waals surface area contributed by atoms with Crippen LogP contribution in [0.1, 0.15) is 0 Å². The SMILES string of the molecule is c1ccc(-c2nc(-c3cc4c(cc3-n3c5ccccc5c5cc6ccccc6cc53)oc3ccccc34)nc(-c3cccc4c3oc3ccccc34)n2)cc1. The van der Waals surface area contributed by atoms with E-state index in [0.717, 1.165) is 88.1 Å².